The number of quaternary nitrogens is 1. The van der Waals surface area contributed by atoms with Crippen LogP contribution in [0.4, 0.5) is 0 Å². The van der Waals surface area contributed by atoms with Gasteiger partial charge in [-0.25, -0.2) is 10.1 Å². The SMILES string of the molecule is C/C(=N/NC(=O)c1ccc(-n2cnnn2)cc1)[C@@H](c1ccccc1)[NH+]1CCOCC1. The number of ether oxygens (including phenoxy) is 1. The Morgan fingerprint density at radius 1 is 1.13 bits per heavy atom. The summed E-state index contributed by atoms with van der Waals surface area (Å²) in [6.07, 6.45) is 1.50. The van der Waals surface area contributed by atoms with Crippen LogP contribution in [-0.2, 0) is 4.74 Å². The number of morpholine rings is 1. The van der Waals surface area contributed by atoms with Crippen molar-refractivity contribution in [2.45, 2.75) is 13.0 Å². The summed E-state index contributed by atoms with van der Waals surface area (Å²) in [7, 11) is 0. The number of hydrogen-bond acceptors (Lipinski definition) is 6. The Balaban J connectivity index is 1.48. The van der Waals surface area contributed by atoms with E-state index in [1.54, 1.807) is 24.3 Å². The van der Waals surface area contributed by atoms with Crippen molar-refractivity contribution in [1.82, 2.24) is 25.6 Å². The topological polar surface area (TPSA) is 98.7 Å². The number of nitrogens with zero attached hydrogens (tertiary/aromatic N) is 5. The summed E-state index contributed by atoms with van der Waals surface area (Å²) in [5.41, 5.74) is 6.02. The number of rotatable bonds is 6. The fraction of sp³-hybridized carbons (Fsp3) is 0.286. The Hall–Kier alpha value is -3.43. The van der Waals surface area contributed by atoms with Crippen molar-refractivity contribution >= 4 is 11.6 Å². The summed E-state index contributed by atoms with van der Waals surface area (Å²) in [5.74, 6) is -0.263. The first kappa shape index (κ1) is 19.9. The maximum Gasteiger partial charge on any atom is 0.271 e. The Labute approximate surface area is 174 Å². The van der Waals surface area contributed by atoms with Crippen molar-refractivity contribution in [3.63, 3.8) is 0 Å². The quantitative estimate of drug-likeness (QED) is 0.457. The lowest BCUT2D eigenvalue weighted by Gasteiger charge is -2.31. The third kappa shape index (κ3) is 4.58. The average Bonchev–Trinajstić information content (AvgIpc) is 3.34. The zero-order valence-electron chi connectivity index (χ0n) is 16.7. The zero-order valence-corrected chi connectivity index (χ0v) is 16.7. The molecule has 9 heteroatoms. The molecule has 1 aliphatic heterocycles. The summed E-state index contributed by atoms with van der Waals surface area (Å²) < 4.78 is 7.04. The molecule has 9 nitrogen and oxygen atoms in total. The Bertz CT molecular complexity index is 982. The van der Waals surface area contributed by atoms with Gasteiger partial charge in [-0.05, 0) is 41.6 Å². The van der Waals surface area contributed by atoms with E-state index in [9.17, 15) is 4.79 Å². The first-order valence-electron chi connectivity index (χ1n) is 9.87. The van der Waals surface area contributed by atoms with Gasteiger partial charge in [0.1, 0.15) is 19.4 Å². The number of carbonyl (C=O) groups excluding carboxylic acids is 1. The van der Waals surface area contributed by atoms with Gasteiger partial charge in [-0.2, -0.15) is 5.10 Å². The molecule has 0 bridgehead atoms. The molecule has 1 amide bonds. The summed E-state index contributed by atoms with van der Waals surface area (Å²) in [5, 5.41) is 15.5. The third-order valence-corrected chi connectivity index (χ3v) is 5.17. The van der Waals surface area contributed by atoms with Crippen LogP contribution in [0.15, 0.2) is 66.0 Å². The molecular formula is C21H24N7O2+. The van der Waals surface area contributed by atoms with Crippen LogP contribution in [0, 0.1) is 0 Å². The molecule has 0 saturated carbocycles. The number of hydrazone groups is 1. The normalized spacial score (nSPS) is 16.2. The third-order valence-electron chi connectivity index (χ3n) is 5.17. The first-order valence-corrected chi connectivity index (χ1v) is 9.87. The van der Waals surface area contributed by atoms with E-state index in [2.05, 4.69) is 38.2 Å². The highest BCUT2D eigenvalue weighted by Gasteiger charge is 2.29. The van der Waals surface area contributed by atoms with Crippen LogP contribution in [0.1, 0.15) is 28.9 Å². The molecular weight excluding hydrogens is 382 g/mol. The summed E-state index contributed by atoms with van der Waals surface area (Å²) in [4.78, 5) is 14.0. The number of nitrogens with one attached hydrogen (secondary N) is 2. The minimum atomic E-state index is -0.263. The van der Waals surface area contributed by atoms with E-state index in [4.69, 9.17) is 4.74 Å². The van der Waals surface area contributed by atoms with Gasteiger partial charge in [0.25, 0.3) is 5.91 Å². The predicted octanol–water partition coefficient (Wildman–Crippen LogP) is 0.424. The molecule has 2 N–H and O–H groups in total. The monoisotopic (exact) mass is 406 g/mol. The molecule has 0 unspecified atom stereocenters. The van der Waals surface area contributed by atoms with Crippen molar-refractivity contribution in [3.8, 4) is 5.69 Å². The Morgan fingerprint density at radius 2 is 1.87 bits per heavy atom. The first-order chi connectivity index (χ1) is 14.7. The van der Waals surface area contributed by atoms with E-state index < -0.39 is 0 Å². The fourth-order valence-electron chi connectivity index (χ4n) is 3.65. The molecule has 1 aliphatic rings. The molecule has 0 aliphatic carbocycles. The van der Waals surface area contributed by atoms with Crippen LogP contribution in [-0.4, -0.2) is 58.1 Å². The van der Waals surface area contributed by atoms with Crippen LogP contribution in [0.25, 0.3) is 5.69 Å². The van der Waals surface area contributed by atoms with E-state index >= 15 is 0 Å². The van der Waals surface area contributed by atoms with Crippen LogP contribution in [0.3, 0.4) is 0 Å². The van der Waals surface area contributed by atoms with E-state index in [1.165, 1.54) is 21.5 Å². The van der Waals surface area contributed by atoms with Crippen molar-refractivity contribution in [1.29, 1.82) is 0 Å². The molecule has 3 aromatic rings. The van der Waals surface area contributed by atoms with Gasteiger partial charge in [0.05, 0.1) is 24.6 Å². The van der Waals surface area contributed by atoms with Crippen LogP contribution in [0.2, 0.25) is 0 Å². The van der Waals surface area contributed by atoms with Crippen molar-refractivity contribution < 1.29 is 14.4 Å². The van der Waals surface area contributed by atoms with Crippen molar-refractivity contribution in [2.75, 3.05) is 26.3 Å². The molecule has 2 heterocycles. The van der Waals surface area contributed by atoms with Crippen LogP contribution >= 0.6 is 0 Å². The highest BCUT2D eigenvalue weighted by molar-refractivity contribution is 5.96. The lowest BCUT2D eigenvalue weighted by molar-refractivity contribution is -0.928. The lowest BCUT2D eigenvalue weighted by Crippen LogP contribution is -3.15. The van der Waals surface area contributed by atoms with E-state index in [1.807, 2.05) is 25.1 Å². The largest absolute Gasteiger partial charge is 0.370 e. The predicted molar refractivity (Wildman–Crippen MR) is 110 cm³/mol. The second-order valence-electron chi connectivity index (χ2n) is 7.11. The van der Waals surface area contributed by atoms with Gasteiger partial charge in [-0.15, -0.1) is 5.10 Å². The van der Waals surface area contributed by atoms with Crippen molar-refractivity contribution in [3.05, 3.63) is 72.1 Å². The summed E-state index contributed by atoms with van der Waals surface area (Å²) in [6.45, 7) is 5.22. The van der Waals surface area contributed by atoms with Gasteiger partial charge in [0.15, 0.2) is 6.04 Å². The van der Waals surface area contributed by atoms with Crippen molar-refractivity contribution in [2.24, 2.45) is 5.10 Å². The molecule has 2 aromatic carbocycles. The van der Waals surface area contributed by atoms with Gasteiger partial charge in [-0.1, -0.05) is 30.3 Å². The smallest absolute Gasteiger partial charge is 0.271 e. The molecule has 4 rings (SSSR count). The van der Waals surface area contributed by atoms with Crippen LogP contribution in [0.5, 0.6) is 0 Å². The van der Waals surface area contributed by atoms with Gasteiger partial charge in [-0.3, -0.25) is 4.79 Å². The minimum Gasteiger partial charge on any atom is -0.370 e. The highest BCUT2D eigenvalue weighted by Crippen LogP contribution is 2.12. The Kier molecular flexibility index (Phi) is 6.21. The maximum absolute atomic E-state index is 12.6. The molecule has 0 radical (unpaired) electrons. The molecule has 154 valence electrons. The molecule has 1 fully saturated rings. The second kappa shape index (κ2) is 9.38. The molecule has 30 heavy (non-hydrogen) atoms. The molecule has 0 spiro atoms. The number of hydrogen-bond donors (Lipinski definition) is 2. The molecule has 1 atom stereocenters. The second-order valence-corrected chi connectivity index (χ2v) is 7.11. The zero-order chi connectivity index (χ0) is 20.8. The van der Waals surface area contributed by atoms with E-state index in [0.717, 1.165) is 37.7 Å². The van der Waals surface area contributed by atoms with E-state index in [0.29, 0.717) is 5.56 Å². The fourth-order valence-corrected chi connectivity index (χ4v) is 3.65. The number of carbonyl (C=O) groups is 1. The van der Waals surface area contributed by atoms with E-state index in [-0.39, 0.29) is 11.9 Å². The average molecular weight is 406 g/mol. The van der Waals surface area contributed by atoms with Gasteiger partial charge < -0.3 is 9.64 Å². The van der Waals surface area contributed by atoms with Gasteiger partial charge >= 0.3 is 0 Å². The highest BCUT2D eigenvalue weighted by atomic mass is 16.5. The lowest BCUT2D eigenvalue weighted by atomic mass is 10.0. The number of amides is 1. The van der Waals surface area contributed by atoms with Gasteiger partial charge in [0, 0.05) is 11.1 Å². The molecule has 1 saturated heterocycles. The Morgan fingerprint density at radius 3 is 2.53 bits per heavy atom. The minimum absolute atomic E-state index is 0.0672. The number of aromatic nitrogens is 4. The standard InChI is InChI=1S/C21H23N7O2/c1-16(20(17-5-3-2-4-6-17)27-11-13-30-14-12-27)23-24-21(29)18-7-9-19(10-8-18)28-15-22-25-26-28/h2-10,15,20H,11-14H2,1H3,(H,24,29)/p+1/b23-16-/t20-/m0/s1. The summed E-state index contributed by atoms with van der Waals surface area (Å²) in [6, 6.07) is 17.3. The molecule has 1 aromatic heterocycles. The maximum atomic E-state index is 12.6. The summed E-state index contributed by atoms with van der Waals surface area (Å²) >= 11 is 0. The van der Waals surface area contributed by atoms with Crippen LogP contribution < -0.4 is 10.3 Å². The number of benzene rings is 2. The number of tetrazole rings is 1. The van der Waals surface area contributed by atoms with Gasteiger partial charge in [0.2, 0.25) is 0 Å².